The van der Waals surface area contributed by atoms with Gasteiger partial charge in [-0.15, -0.1) is 0 Å². The second kappa shape index (κ2) is 9.93. The highest BCUT2D eigenvalue weighted by Gasteiger charge is 2.31. The molecule has 0 bridgehead atoms. The van der Waals surface area contributed by atoms with Gasteiger partial charge in [0.05, 0.1) is 17.6 Å². The number of hydrogen-bond donors (Lipinski definition) is 1. The molecule has 166 valence electrons. The van der Waals surface area contributed by atoms with Crippen molar-refractivity contribution in [1.82, 2.24) is 4.31 Å². The summed E-state index contributed by atoms with van der Waals surface area (Å²) in [6, 6.07) is 12.3. The number of nitrogens with zero attached hydrogens (tertiary/aromatic N) is 1. The summed E-state index contributed by atoms with van der Waals surface area (Å²) in [5.74, 6) is -0.540. The van der Waals surface area contributed by atoms with Crippen molar-refractivity contribution >= 4 is 27.6 Å². The molecule has 0 radical (unpaired) electrons. The van der Waals surface area contributed by atoms with Crippen LogP contribution in [0.2, 0.25) is 0 Å². The maximum absolute atomic E-state index is 12.9. The summed E-state index contributed by atoms with van der Waals surface area (Å²) in [7, 11) is -2.07. The largest absolute Gasteiger partial charge is 0.497 e. The summed E-state index contributed by atoms with van der Waals surface area (Å²) in [5, 5.41) is 2.61. The Labute approximate surface area is 182 Å². The molecule has 0 aromatic heterocycles. The highest BCUT2D eigenvalue weighted by atomic mass is 32.2. The van der Waals surface area contributed by atoms with Gasteiger partial charge in [0, 0.05) is 18.3 Å². The van der Waals surface area contributed by atoms with Crippen LogP contribution in [0.15, 0.2) is 53.4 Å². The predicted octanol–water partition coefficient (Wildman–Crippen LogP) is 3.05. The Balaban J connectivity index is 1.56. The van der Waals surface area contributed by atoms with E-state index in [0.717, 1.165) is 19.3 Å². The van der Waals surface area contributed by atoms with Crippen LogP contribution >= 0.6 is 0 Å². The molecule has 1 heterocycles. The number of carbonyl (C=O) groups excluding carboxylic acids is 2. The number of sulfonamides is 1. The number of carbonyl (C=O) groups is 2. The van der Waals surface area contributed by atoms with E-state index in [2.05, 4.69) is 5.32 Å². The standard InChI is InChI=1S/C22H26N2O6S/c1-16-5-3-4-14-24(16)31(27,28)20-12-6-17(7-13-20)22(26)30-15-21(25)23-18-8-10-19(29-2)11-9-18/h6-13,16H,3-5,14-15H2,1-2H3,(H,23,25). The zero-order valence-corrected chi connectivity index (χ0v) is 18.4. The Morgan fingerprint density at radius 3 is 2.35 bits per heavy atom. The normalized spacial score (nSPS) is 17.0. The SMILES string of the molecule is COc1ccc(NC(=O)COC(=O)c2ccc(S(=O)(=O)N3CCCCC3C)cc2)cc1. The molecule has 1 N–H and O–H groups in total. The molecule has 1 fully saturated rings. The zero-order chi connectivity index (χ0) is 22.4. The van der Waals surface area contributed by atoms with Crippen molar-refractivity contribution < 1.29 is 27.5 Å². The third-order valence-corrected chi connectivity index (χ3v) is 7.17. The first-order valence-electron chi connectivity index (χ1n) is 10.0. The van der Waals surface area contributed by atoms with E-state index in [4.69, 9.17) is 9.47 Å². The number of rotatable bonds is 7. The number of anilines is 1. The lowest BCUT2D eigenvalue weighted by Crippen LogP contribution is -2.41. The molecule has 9 heteroatoms. The van der Waals surface area contributed by atoms with Gasteiger partial charge < -0.3 is 14.8 Å². The van der Waals surface area contributed by atoms with E-state index in [-0.39, 0.29) is 16.5 Å². The minimum Gasteiger partial charge on any atom is -0.497 e. The van der Waals surface area contributed by atoms with Gasteiger partial charge in [0.2, 0.25) is 10.0 Å². The second-order valence-electron chi connectivity index (χ2n) is 7.34. The summed E-state index contributed by atoms with van der Waals surface area (Å²) in [6.45, 7) is 1.94. The predicted molar refractivity (Wildman–Crippen MR) is 116 cm³/mol. The first-order chi connectivity index (χ1) is 14.8. The Morgan fingerprint density at radius 2 is 1.74 bits per heavy atom. The molecular weight excluding hydrogens is 420 g/mol. The Kier molecular flexibility index (Phi) is 7.29. The van der Waals surface area contributed by atoms with Gasteiger partial charge in [0.25, 0.3) is 5.91 Å². The monoisotopic (exact) mass is 446 g/mol. The Hall–Kier alpha value is -2.91. The fourth-order valence-corrected chi connectivity index (χ4v) is 5.11. The smallest absolute Gasteiger partial charge is 0.338 e. The molecule has 1 atom stereocenters. The maximum atomic E-state index is 12.9. The average molecular weight is 447 g/mol. The number of ether oxygens (including phenoxy) is 2. The quantitative estimate of drug-likeness (QED) is 0.656. The molecule has 1 saturated heterocycles. The molecule has 1 amide bonds. The summed E-state index contributed by atoms with van der Waals surface area (Å²) < 4.78 is 37.3. The molecule has 0 saturated carbocycles. The summed E-state index contributed by atoms with van der Waals surface area (Å²) in [5.41, 5.74) is 0.714. The molecule has 0 aliphatic carbocycles. The van der Waals surface area contributed by atoms with Crippen LogP contribution in [0, 0.1) is 0 Å². The molecule has 2 aromatic carbocycles. The van der Waals surface area contributed by atoms with Crippen molar-refractivity contribution in [3.05, 3.63) is 54.1 Å². The van der Waals surface area contributed by atoms with Crippen LogP contribution in [-0.4, -0.2) is 50.9 Å². The Morgan fingerprint density at radius 1 is 1.06 bits per heavy atom. The molecule has 1 unspecified atom stereocenters. The lowest BCUT2D eigenvalue weighted by Gasteiger charge is -2.32. The van der Waals surface area contributed by atoms with Crippen molar-refractivity contribution in [2.75, 3.05) is 25.6 Å². The minimum absolute atomic E-state index is 0.0485. The number of esters is 1. The number of hydrogen-bond acceptors (Lipinski definition) is 6. The van der Waals surface area contributed by atoms with Crippen molar-refractivity contribution in [3.63, 3.8) is 0 Å². The molecule has 8 nitrogen and oxygen atoms in total. The van der Waals surface area contributed by atoms with Gasteiger partial charge in [-0.05, 0) is 68.3 Å². The van der Waals surface area contributed by atoms with E-state index >= 15 is 0 Å². The van der Waals surface area contributed by atoms with Gasteiger partial charge in [0.15, 0.2) is 6.61 Å². The summed E-state index contributed by atoms with van der Waals surface area (Å²) >= 11 is 0. The third-order valence-electron chi connectivity index (χ3n) is 5.15. The van der Waals surface area contributed by atoms with Gasteiger partial charge in [-0.2, -0.15) is 4.31 Å². The second-order valence-corrected chi connectivity index (χ2v) is 9.23. The van der Waals surface area contributed by atoms with Crippen LogP contribution in [0.3, 0.4) is 0 Å². The van der Waals surface area contributed by atoms with Gasteiger partial charge in [0.1, 0.15) is 5.75 Å². The molecule has 31 heavy (non-hydrogen) atoms. The number of nitrogens with one attached hydrogen (secondary N) is 1. The first-order valence-corrected chi connectivity index (χ1v) is 11.5. The maximum Gasteiger partial charge on any atom is 0.338 e. The van der Waals surface area contributed by atoms with E-state index in [1.807, 2.05) is 6.92 Å². The van der Waals surface area contributed by atoms with Gasteiger partial charge in [-0.1, -0.05) is 6.42 Å². The average Bonchev–Trinajstić information content (AvgIpc) is 2.78. The van der Waals surface area contributed by atoms with Crippen molar-refractivity contribution in [3.8, 4) is 5.75 Å². The first kappa shape index (κ1) is 22.8. The van der Waals surface area contributed by atoms with E-state index < -0.39 is 28.5 Å². The van der Waals surface area contributed by atoms with Crippen LogP contribution in [-0.2, 0) is 19.6 Å². The molecule has 0 spiro atoms. The molecule has 2 aromatic rings. The number of piperidine rings is 1. The highest BCUT2D eigenvalue weighted by Crippen LogP contribution is 2.25. The lowest BCUT2D eigenvalue weighted by atomic mass is 10.1. The van der Waals surface area contributed by atoms with E-state index in [0.29, 0.717) is 18.0 Å². The van der Waals surface area contributed by atoms with E-state index in [1.165, 1.54) is 28.6 Å². The van der Waals surface area contributed by atoms with Crippen molar-refractivity contribution in [1.29, 1.82) is 0 Å². The fraction of sp³-hybridized carbons (Fsp3) is 0.364. The van der Waals surface area contributed by atoms with Crippen LogP contribution in [0.5, 0.6) is 5.75 Å². The molecule has 3 rings (SSSR count). The molecule has 1 aliphatic rings. The highest BCUT2D eigenvalue weighted by molar-refractivity contribution is 7.89. The zero-order valence-electron chi connectivity index (χ0n) is 17.5. The van der Waals surface area contributed by atoms with Gasteiger partial charge in [-0.25, -0.2) is 13.2 Å². The third kappa shape index (κ3) is 5.62. The van der Waals surface area contributed by atoms with Crippen LogP contribution in [0.4, 0.5) is 5.69 Å². The van der Waals surface area contributed by atoms with Gasteiger partial charge >= 0.3 is 5.97 Å². The van der Waals surface area contributed by atoms with Crippen LogP contribution in [0.25, 0.3) is 0 Å². The number of methoxy groups -OCH3 is 1. The molecular formula is C22H26N2O6S. The van der Waals surface area contributed by atoms with Crippen molar-refractivity contribution in [2.24, 2.45) is 0 Å². The summed E-state index contributed by atoms with van der Waals surface area (Å²) in [4.78, 5) is 24.3. The topological polar surface area (TPSA) is 102 Å². The van der Waals surface area contributed by atoms with Gasteiger partial charge in [-0.3, -0.25) is 4.79 Å². The van der Waals surface area contributed by atoms with Crippen LogP contribution in [0.1, 0.15) is 36.5 Å². The van der Waals surface area contributed by atoms with E-state index in [1.54, 1.807) is 31.4 Å². The number of benzene rings is 2. The minimum atomic E-state index is -3.61. The van der Waals surface area contributed by atoms with Crippen molar-refractivity contribution in [2.45, 2.75) is 37.1 Å². The van der Waals surface area contributed by atoms with E-state index in [9.17, 15) is 18.0 Å². The number of amides is 1. The Bertz CT molecular complexity index is 1020. The summed E-state index contributed by atoms with van der Waals surface area (Å²) in [6.07, 6.45) is 2.69. The van der Waals surface area contributed by atoms with Crippen LogP contribution < -0.4 is 10.1 Å². The lowest BCUT2D eigenvalue weighted by molar-refractivity contribution is -0.119. The fourth-order valence-electron chi connectivity index (χ4n) is 3.41. The molecule has 1 aliphatic heterocycles.